The standard InChI is InChI=1S/C23H26N6O/c1-15-12-16-4-2-3-5-20(16)28(15)23(30)17-13-27(14-17)22-18-6-9-24-10-7-19(18)26-21-8-11-25-29(21)22/h2-5,8,11,15,17,24H,6-7,9-10,12-14H2,1H3. The summed E-state index contributed by atoms with van der Waals surface area (Å²) >= 11 is 0. The zero-order valence-electron chi connectivity index (χ0n) is 17.2. The normalized spacial score (nSPS) is 21.3. The molecule has 1 aromatic carbocycles. The highest BCUT2D eigenvalue weighted by Crippen LogP contribution is 2.36. The predicted molar refractivity (Wildman–Crippen MR) is 116 cm³/mol. The summed E-state index contributed by atoms with van der Waals surface area (Å²) in [7, 11) is 0. The van der Waals surface area contributed by atoms with Gasteiger partial charge in [0.05, 0.1) is 17.8 Å². The number of rotatable bonds is 2. The van der Waals surface area contributed by atoms with Crippen LogP contribution < -0.4 is 15.1 Å². The molecule has 154 valence electrons. The molecule has 3 aliphatic rings. The minimum atomic E-state index is 0.0249. The van der Waals surface area contributed by atoms with Crippen LogP contribution in [0.25, 0.3) is 5.65 Å². The van der Waals surface area contributed by atoms with Crippen LogP contribution in [-0.4, -0.2) is 52.7 Å². The molecule has 5 heterocycles. The van der Waals surface area contributed by atoms with Crippen LogP contribution in [0.3, 0.4) is 0 Å². The SMILES string of the molecule is CC1Cc2ccccc2N1C(=O)C1CN(c2c3c(nc4ccnn24)CCNCC3)C1. The largest absolute Gasteiger partial charge is 0.354 e. The van der Waals surface area contributed by atoms with Crippen molar-refractivity contribution in [3.05, 3.63) is 53.3 Å². The molecule has 1 N–H and O–H groups in total. The van der Waals surface area contributed by atoms with Crippen LogP contribution in [-0.2, 0) is 24.1 Å². The quantitative estimate of drug-likeness (QED) is 0.709. The highest BCUT2D eigenvalue weighted by Gasteiger charge is 2.41. The molecule has 6 rings (SSSR count). The number of carbonyl (C=O) groups excluding carboxylic acids is 1. The number of nitrogens with zero attached hydrogens (tertiary/aromatic N) is 5. The number of anilines is 2. The van der Waals surface area contributed by atoms with Gasteiger partial charge in [-0.2, -0.15) is 9.61 Å². The maximum Gasteiger partial charge on any atom is 0.233 e. The maximum absolute atomic E-state index is 13.4. The summed E-state index contributed by atoms with van der Waals surface area (Å²) in [5.41, 5.74) is 5.70. The van der Waals surface area contributed by atoms with Crippen LogP contribution in [0, 0.1) is 5.92 Å². The summed E-state index contributed by atoms with van der Waals surface area (Å²) in [6, 6.07) is 10.5. The molecule has 1 unspecified atom stereocenters. The molecule has 3 aliphatic heterocycles. The van der Waals surface area contributed by atoms with Gasteiger partial charge in [-0.25, -0.2) is 4.98 Å². The molecule has 0 bridgehead atoms. The summed E-state index contributed by atoms with van der Waals surface area (Å²) in [5, 5.41) is 8.02. The highest BCUT2D eigenvalue weighted by molar-refractivity contribution is 5.99. The fraction of sp³-hybridized carbons (Fsp3) is 0.435. The van der Waals surface area contributed by atoms with Crippen molar-refractivity contribution in [1.82, 2.24) is 19.9 Å². The average molecular weight is 403 g/mol. The van der Waals surface area contributed by atoms with Crippen molar-refractivity contribution >= 4 is 23.1 Å². The van der Waals surface area contributed by atoms with E-state index in [1.165, 1.54) is 16.8 Å². The van der Waals surface area contributed by atoms with Crippen LogP contribution in [0.2, 0.25) is 0 Å². The monoisotopic (exact) mass is 402 g/mol. The molecular weight excluding hydrogens is 376 g/mol. The summed E-state index contributed by atoms with van der Waals surface area (Å²) < 4.78 is 1.96. The van der Waals surface area contributed by atoms with E-state index in [9.17, 15) is 4.79 Å². The molecular formula is C23H26N6O. The molecule has 1 amide bonds. The molecule has 1 fully saturated rings. The number of carbonyl (C=O) groups is 1. The number of hydrogen-bond acceptors (Lipinski definition) is 5. The summed E-state index contributed by atoms with van der Waals surface area (Å²) in [5.74, 6) is 1.40. The molecule has 3 aromatic rings. The molecule has 7 nitrogen and oxygen atoms in total. The lowest BCUT2D eigenvalue weighted by Gasteiger charge is -2.43. The third kappa shape index (κ3) is 2.65. The van der Waals surface area contributed by atoms with Gasteiger partial charge in [0.2, 0.25) is 5.91 Å². The Morgan fingerprint density at radius 3 is 2.87 bits per heavy atom. The van der Waals surface area contributed by atoms with Gasteiger partial charge in [-0.1, -0.05) is 18.2 Å². The molecule has 1 atom stereocenters. The van der Waals surface area contributed by atoms with E-state index < -0.39 is 0 Å². The lowest BCUT2D eigenvalue weighted by molar-refractivity contribution is -0.123. The number of aromatic nitrogens is 3. The Morgan fingerprint density at radius 2 is 1.97 bits per heavy atom. The Labute approximate surface area is 175 Å². The first-order valence-corrected chi connectivity index (χ1v) is 10.9. The first-order valence-electron chi connectivity index (χ1n) is 10.9. The van der Waals surface area contributed by atoms with Gasteiger partial charge in [0.25, 0.3) is 0 Å². The Hall–Kier alpha value is -2.93. The van der Waals surface area contributed by atoms with Crippen LogP contribution in [0.1, 0.15) is 23.7 Å². The Kier molecular flexibility index (Phi) is 4.06. The fourth-order valence-electron chi connectivity index (χ4n) is 5.25. The maximum atomic E-state index is 13.4. The van der Waals surface area contributed by atoms with Gasteiger partial charge in [0.15, 0.2) is 5.65 Å². The van der Waals surface area contributed by atoms with Crippen LogP contribution >= 0.6 is 0 Å². The second-order valence-corrected chi connectivity index (χ2v) is 8.70. The lowest BCUT2D eigenvalue weighted by Crippen LogP contribution is -2.56. The smallest absolute Gasteiger partial charge is 0.233 e. The zero-order valence-corrected chi connectivity index (χ0v) is 17.2. The van der Waals surface area contributed by atoms with Crippen molar-refractivity contribution in [1.29, 1.82) is 0 Å². The molecule has 0 saturated carbocycles. The third-order valence-electron chi connectivity index (χ3n) is 6.76. The van der Waals surface area contributed by atoms with E-state index in [0.717, 1.165) is 62.6 Å². The molecule has 1 saturated heterocycles. The van der Waals surface area contributed by atoms with Crippen molar-refractivity contribution in [2.75, 3.05) is 36.0 Å². The number of amides is 1. The minimum Gasteiger partial charge on any atom is -0.354 e. The number of fused-ring (bicyclic) bond motifs is 3. The molecule has 0 aliphatic carbocycles. The van der Waals surface area contributed by atoms with Crippen LogP contribution in [0.4, 0.5) is 11.5 Å². The lowest BCUT2D eigenvalue weighted by atomic mass is 9.96. The Morgan fingerprint density at radius 1 is 1.13 bits per heavy atom. The third-order valence-corrected chi connectivity index (χ3v) is 6.76. The van der Waals surface area contributed by atoms with Crippen molar-refractivity contribution < 1.29 is 4.79 Å². The number of para-hydroxylation sites is 1. The van der Waals surface area contributed by atoms with Crippen LogP contribution in [0.15, 0.2) is 36.5 Å². The van der Waals surface area contributed by atoms with Gasteiger partial charge in [-0.3, -0.25) is 4.79 Å². The van der Waals surface area contributed by atoms with Gasteiger partial charge >= 0.3 is 0 Å². The zero-order chi connectivity index (χ0) is 20.2. The second kappa shape index (κ2) is 6.80. The van der Waals surface area contributed by atoms with Gasteiger partial charge < -0.3 is 15.1 Å². The minimum absolute atomic E-state index is 0.0249. The summed E-state index contributed by atoms with van der Waals surface area (Å²) in [6.45, 7) is 5.54. The number of benzene rings is 1. The second-order valence-electron chi connectivity index (χ2n) is 8.70. The van der Waals surface area contributed by atoms with Gasteiger partial charge in [0.1, 0.15) is 5.82 Å². The van der Waals surface area contributed by atoms with Crippen molar-refractivity contribution in [3.8, 4) is 0 Å². The molecule has 0 spiro atoms. The van der Waals surface area contributed by atoms with Gasteiger partial charge in [-0.05, 0) is 37.9 Å². The first kappa shape index (κ1) is 17.9. The number of hydrogen-bond donors (Lipinski definition) is 1. The van der Waals surface area contributed by atoms with Crippen molar-refractivity contribution in [3.63, 3.8) is 0 Å². The molecule has 7 heteroatoms. The van der Waals surface area contributed by atoms with Crippen molar-refractivity contribution in [2.24, 2.45) is 5.92 Å². The van der Waals surface area contributed by atoms with E-state index in [-0.39, 0.29) is 17.9 Å². The van der Waals surface area contributed by atoms with E-state index in [0.29, 0.717) is 0 Å². The van der Waals surface area contributed by atoms with Crippen LogP contribution in [0.5, 0.6) is 0 Å². The van der Waals surface area contributed by atoms with Gasteiger partial charge in [-0.15, -0.1) is 0 Å². The van der Waals surface area contributed by atoms with E-state index in [1.54, 1.807) is 0 Å². The predicted octanol–water partition coefficient (Wildman–Crippen LogP) is 1.83. The Bertz CT molecular complexity index is 1130. The summed E-state index contributed by atoms with van der Waals surface area (Å²) in [4.78, 5) is 22.6. The van der Waals surface area contributed by atoms with E-state index in [4.69, 9.17) is 4.98 Å². The van der Waals surface area contributed by atoms with E-state index in [1.807, 2.05) is 27.7 Å². The first-order chi connectivity index (χ1) is 14.7. The van der Waals surface area contributed by atoms with Gasteiger partial charge in [0, 0.05) is 49.4 Å². The fourth-order valence-corrected chi connectivity index (χ4v) is 5.25. The molecule has 0 radical (unpaired) electrons. The Balaban J connectivity index is 1.29. The highest BCUT2D eigenvalue weighted by atomic mass is 16.2. The van der Waals surface area contributed by atoms with Crippen molar-refractivity contribution in [2.45, 2.75) is 32.2 Å². The molecule has 30 heavy (non-hydrogen) atoms. The molecule has 2 aromatic heterocycles. The number of nitrogens with one attached hydrogen (secondary N) is 1. The van der Waals surface area contributed by atoms with E-state index >= 15 is 0 Å². The topological polar surface area (TPSA) is 65.8 Å². The van der Waals surface area contributed by atoms with E-state index in [2.05, 4.69) is 40.4 Å². The average Bonchev–Trinajstić information content (AvgIpc) is 3.22. The summed E-state index contributed by atoms with van der Waals surface area (Å²) in [6.07, 6.45) is 4.63.